The molecule has 2 aromatic heterocycles. The van der Waals surface area contributed by atoms with E-state index in [0.29, 0.717) is 22.3 Å². The summed E-state index contributed by atoms with van der Waals surface area (Å²) in [5.74, 6) is 0.626. The largest absolute Gasteiger partial charge is 0.392 e. The number of pyridine rings is 2. The van der Waals surface area contributed by atoms with Gasteiger partial charge in [-0.25, -0.2) is 0 Å². The predicted molar refractivity (Wildman–Crippen MR) is 103 cm³/mol. The third-order valence-corrected chi connectivity index (χ3v) is 4.22. The lowest BCUT2D eigenvalue weighted by molar-refractivity contribution is 0.282. The number of nitrogens with zero attached hydrogens (tertiary/aromatic N) is 2. The SMILES string of the molecule is O=c1cc(Nc2ccccc2)n(-c2ccccc2)c2c(CO)cncc12. The summed E-state index contributed by atoms with van der Waals surface area (Å²) >= 11 is 0. The van der Waals surface area contributed by atoms with Gasteiger partial charge in [0.1, 0.15) is 5.82 Å². The summed E-state index contributed by atoms with van der Waals surface area (Å²) in [4.78, 5) is 16.8. The first-order chi connectivity index (χ1) is 12.8. The normalized spacial score (nSPS) is 10.8. The molecule has 0 spiro atoms. The van der Waals surface area contributed by atoms with Crippen LogP contribution in [0.3, 0.4) is 0 Å². The lowest BCUT2D eigenvalue weighted by atomic mass is 10.1. The Morgan fingerprint density at radius 2 is 1.65 bits per heavy atom. The molecule has 2 N–H and O–H groups in total. The van der Waals surface area contributed by atoms with Crippen molar-refractivity contribution in [3.05, 3.63) is 94.9 Å². The Kier molecular flexibility index (Phi) is 4.21. The number of nitrogens with one attached hydrogen (secondary N) is 1. The Labute approximate surface area is 150 Å². The lowest BCUT2D eigenvalue weighted by Crippen LogP contribution is -2.14. The second kappa shape index (κ2) is 6.82. The van der Waals surface area contributed by atoms with E-state index in [1.54, 1.807) is 18.5 Å². The van der Waals surface area contributed by atoms with Crippen LogP contribution >= 0.6 is 0 Å². The molecule has 2 heterocycles. The van der Waals surface area contributed by atoms with Gasteiger partial charge in [-0.05, 0) is 24.3 Å². The van der Waals surface area contributed by atoms with Crippen LogP contribution < -0.4 is 10.7 Å². The highest BCUT2D eigenvalue weighted by molar-refractivity contribution is 5.86. The summed E-state index contributed by atoms with van der Waals surface area (Å²) in [6.45, 7) is -0.203. The van der Waals surface area contributed by atoms with Crippen LogP contribution in [0, 0.1) is 0 Å². The minimum absolute atomic E-state index is 0.145. The Hall–Kier alpha value is -3.44. The molecular formula is C21H17N3O2. The zero-order valence-corrected chi connectivity index (χ0v) is 14.0. The van der Waals surface area contributed by atoms with Crippen molar-refractivity contribution >= 4 is 22.4 Å². The molecule has 4 rings (SSSR count). The number of benzene rings is 2. The lowest BCUT2D eigenvalue weighted by Gasteiger charge is -2.19. The van der Waals surface area contributed by atoms with E-state index < -0.39 is 0 Å². The standard InChI is InChI=1S/C21H17N3O2/c25-14-15-12-22-13-18-19(26)11-20(23-16-7-3-1-4-8-16)24(21(15)18)17-9-5-2-6-10-17/h1-13,23,25H,14H2. The fraction of sp³-hybridized carbons (Fsp3) is 0.0476. The molecular weight excluding hydrogens is 326 g/mol. The van der Waals surface area contributed by atoms with Crippen molar-refractivity contribution in [3.8, 4) is 5.69 Å². The van der Waals surface area contributed by atoms with Crippen LogP contribution in [0.25, 0.3) is 16.6 Å². The first kappa shape index (κ1) is 16.1. The highest BCUT2D eigenvalue weighted by Crippen LogP contribution is 2.26. The first-order valence-electron chi connectivity index (χ1n) is 8.29. The quantitative estimate of drug-likeness (QED) is 0.594. The van der Waals surface area contributed by atoms with Crippen LogP contribution in [0.2, 0.25) is 0 Å². The molecule has 0 amide bonds. The molecule has 0 aliphatic heterocycles. The second-order valence-corrected chi connectivity index (χ2v) is 5.91. The molecule has 2 aromatic carbocycles. The molecule has 128 valence electrons. The summed E-state index contributed by atoms with van der Waals surface area (Å²) in [6, 6.07) is 20.9. The smallest absolute Gasteiger partial charge is 0.193 e. The van der Waals surface area contributed by atoms with Crippen molar-refractivity contribution in [2.24, 2.45) is 0 Å². The van der Waals surface area contributed by atoms with Gasteiger partial charge in [0.2, 0.25) is 0 Å². The average molecular weight is 343 g/mol. The van der Waals surface area contributed by atoms with Gasteiger partial charge in [0.05, 0.1) is 17.5 Å². The van der Waals surface area contributed by atoms with Crippen LogP contribution in [0.4, 0.5) is 11.5 Å². The van der Waals surface area contributed by atoms with Gasteiger partial charge >= 0.3 is 0 Å². The van der Waals surface area contributed by atoms with Crippen molar-refractivity contribution in [1.82, 2.24) is 9.55 Å². The van der Waals surface area contributed by atoms with E-state index in [4.69, 9.17) is 0 Å². The number of aliphatic hydroxyl groups excluding tert-OH is 1. The molecule has 0 saturated heterocycles. The molecule has 0 atom stereocenters. The van der Waals surface area contributed by atoms with Crippen molar-refractivity contribution in [1.29, 1.82) is 0 Å². The van der Waals surface area contributed by atoms with Gasteiger partial charge in [0.25, 0.3) is 0 Å². The van der Waals surface area contributed by atoms with Crippen molar-refractivity contribution in [3.63, 3.8) is 0 Å². The zero-order valence-electron chi connectivity index (χ0n) is 14.0. The summed E-state index contributed by atoms with van der Waals surface area (Å²) in [6.07, 6.45) is 3.13. The molecule has 0 aliphatic carbocycles. The highest BCUT2D eigenvalue weighted by atomic mass is 16.3. The van der Waals surface area contributed by atoms with Crippen molar-refractivity contribution < 1.29 is 5.11 Å². The number of aromatic nitrogens is 2. The maximum atomic E-state index is 12.7. The van der Waals surface area contributed by atoms with E-state index >= 15 is 0 Å². The summed E-state index contributed by atoms with van der Waals surface area (Å²) in [5, 5.41) is 13.6. The number of fused-ring (bicyclic) bond motifs is 1. The number of anilines is 2. The van der Waals surface area contributed by atoms with Crippen LogP contribution in [0.1, 0.15) is 5.56 Å². The number of hydrogen-bond donors (Lipinski definition) is 2. The maximum absolute atomic E-state index is 12.7. The maximum Gasteiger partial charge on any atom is 0.193 e. The van der Waals surface area contributed by atoms with Crippen LogP contribution in [-0.4, -0.2) is 14.7 Å². The van der Waals surface area contributed by atoms with Crippen LogP contribution in [-0.2, 0) is 6.61 Å². The zero-order chi connectivity index (χ0) is 17.9. The fourth-order valence-corrected chi connectivity index (χ4v) is 3.05. The third kappa shape index (κ3) is 2.85. The minimum Gasteiger partial charge on any atom is -0.392 e. The molecule has 0 bridgehead atoms. The molecule has 26 heavy (non-hydrogen) atoms. The van der Waals surface area contributed by atoms with E-state index in [9.17, 15) is 9.90 Å². The van der Waals surface area contributed by atoms with E-state index in [1.807, 2.05) is 65.2 Å². The summed E-state index contributed by atoms with van der Waals surface area (Å²) in [5.41, 5.74) is 2.86. The van der Waals surface area contributed by atoms with Crippen LogP contribution in [0.5, 0.6) is 0 Å². The van der Waals surface area contributed by atoms with Gasteiger partial charge in [0.15, 0.2) is 5.43 Å². The Bertz CT molecular complexity index is 1110. The van der Waals surface area contributed by atoms with Gasteiger partial charge in [-0.2, -0.15) is 0 Å². The van der Waals surface area contributed by atoms with Gasteiger partial charge < -0.3 is 10.4 Å². The van der Waals surface area contributed by atoms with Crippen LogP contribution in [0.15, 0.2) is 83.9 Å². The molecule has 0 radical (unpaired) electrons. The molecule has 0 aliphatic rings. The van der Waals surface area contributed by atoms with Gasteiger partial charge in [-0.1, -0.05) is 36.4 Å². The molecule has 5 nitrogen and oxygen atoms in total. The molecule has 0 fully saturated rings. The van der Waals surface area contributed by atoms with Gasteiger partial charge in [0, 0.05) is 35.4 Å². The first-order valence-corrected chi connectivity index (χ1v) is 8.29. The summed E-state index contributed by atoms with van der Waals surface area (Å²) < 4.78 is 1.94. The summed E-state index contributed by atoms with van der Waals surface area (Å²) in [7, 11) is 0. The molecule has 0 saturated carbocycles. The molecule has 4 aromatic rings. The molecule has 5 heteroatoms. The highest BCUT2D eigenvalue weighted by Gasteiger charge is 2.14. The number of aliphatic hydroxyl groups is 1. The fourth-order valence-electron chi connectivity index (χ4n) is 3.05. The van der Waals surface area contributed by atoms with E-state index in [-0.39, 0.29) is 12.0 Å². The number of hydrogen-bond acceptors (Lipinski definition) is 4. The van der Waals surface area contributed by atoms with E-state index in [2.05, 4.69) is 10.3 Å². The van der Waals surface area contributed by atoms with Gasteiger partial charge in [-0.15, -0.1) is 0 Å². The van der Waals surface area contributed by atoms with E-state index in [0.717, 1.165) is 11.4 Å². The van der Waals surface area contributed by atoms with E-state index in [1.165, 1.54) is 0 Å². The monoisotopic (exact) mass is 343 g/mol. The van der Waals surface area contributed by atoms with Gasteiger partial charge in [-0.3, -0.25) is 14.3 Å². The predicted octanol–water partition coefficient (Wildman–Crippen LogP) is 3.62. The minimum atomic E-state index is -0.203. The van der Waals surface area contributed by atoms with Crippen molar-refractivity contribution in [2.45, 2.75) is 6.61 Å². The number of para-hydroxylation sites is 2. The number of rotatable bonds is 4. The molecule has 0 unspecified atom stereocenters. The third-order valence-electron chi connectivity index (χ3n) is 4.22. The Morgan fingerprint density at radius 3 is 2.35 bits per heavy atom. The second-order valence-electron chi connectivity index (χ2n) is 5.91. The van der Waals surface area contributed by atoms with Crippen molar-refractivity contribution in [2.75, 3.05) is 5.32 Å². The Balaban J connectivity index is 2.06. The Morgan fingerprint density at radius 1 is 0.962 bits per heavy atom. The average Bonchev–Trinajstić information content (AvgIpc) is 2.69. The topological polar surface area (TPSA) is 67.2 Å².